The van der Waals surface area contributed by atoms with Crippen LogP contribution in [0.5, 0.6) is 0 Å². The second-order valence-corrected chi connectivity index (χ2v) is 13.0. The fourth-order valence-corrected chi connectivity index (χ4v) is 7.01. The first-order valence-corrected chi connectivity index (χ1v) is 16.8. The number of carbonyl (C=O) groups excluding carboxylic acids is 1. The average Bonchev–Trinajstić information content (AvgIpc) is 3.86. The van der Waals surface area contributed by atoms with Gasteiger partial charge in [-0.05, 0) is 44.9 Å². The smallest absolute Gasteiger partial charge is 0.273 e. The Bertz CT molecular complexity index is 1680. The minimum Gasteiger partial charge on any atom is -0.367 e. The summed E-state index contributed by atoms with van der Waals surface area (Å²) in [7, 11) is 0. The van der Waals surface area contributed by atoms with Gasteiger partial charge in [-0.1, -0.05) is 67.6 Å². The first kappa shape index (κ1) is 32.4. The number of ether oxygens (including phenoxy) is 3. The summed E-state index contributed by atoms with van der Waals surface area (Å²) in [5.41, 5.74) is 3.35. The maximum atomic E-state index is 14.1. The molecule has 13 heteroatoms. The molecule has 2 aromatic heterocycles. The number of aliphatic hydroxyl groups excluding tert-OH is 1. The van der Waals surface area contributed by atoms with Crippen LogP contribution in [0.3, 0.4) is 0 Å². The van der Waals surface area contributed by atoms with E-state index in [0.717, 1.165) is 26.1 Å². The molecule has 0 radical (unpaired) electrons. The number of anilines is 2. The molecule has 48 heavy (non-hydrogen) atoms. The SMILES string of the molecule is CCN1CCC(Nc2nc(NCC(c3ccccc3)c3ccccc3)c3ncn(N(CC)C(=O)[C@H]4O[C@@H](O)[C@@H]5OC(C)(C)O[C@@H]54)c3n2)C1. The van der Waals surface area contributed by atoms with Crippen LogP contribution >= 0.6 is 0 Å². The van der Waals surface area contributed by atoms with E-state index in [9.17, 15) is 9.90 Å². The summed E-state index contributed by atoms with van der Waals surface area (Å²) in [4.78, 5) is 31.1. The predicted octanol–water partition coefficient (Wildman–Crippen LogP) is 3.30. The summed E-state index contributed by atoms with van der Waals surface area (Å²) in [5, 5.41) is 19.2. The van der Waals surface area contributed by atoms with Crippen molar-refractivity contribution in [3.05, 3.63) is 78.1 Å². The van der Waals surface area contributed by atoms with Crippen LogP contribution in [-0.4, -0.2) is 105 Å². The highest BCUT2D eigenvalue weighted by Gasteiger charge is 2.58. The summed E-state index contributed by atoms with van der Waals surface area (Å²) < 4.78 is 19.2. The molecule has 4 aromatic rings. The Balaban J connectivity index is 1.23. The van der Waals surface area contributed by atoms with Crippen molar-refractivity contribution in [3.63, 3.8) is 0 Å². The van der Waals surface area contributed by atoms with E-state index in [-0.39, 0.29) is 18.5 Å². The highest BCUT2D eigenvalue weighted by Crippen LogP contribution is 2.38. The van der Waals surface area contributed by atoms with E-state index in [2.05, 4.69) is 46.7 Å². The molecule has 254 valence electrons. The number of carbonyl (C=O) groups is 1. The van der Waals surface area contributed by atoms with Gasteiger partial charge in [0.1, 0.15) is 18.5 Å². The average molecular weight is 657 g/mol. The fourth-order valence-electron chi connectivity index (χ4n) is 7.01. The third-order valence-corrected chi connectivity index (χ3v) is 9.40. The molecular formula is C35H44N8O5. The molecule has 5 heterocycles. The summed E-state index contributed by atoms with van der Waals surface area (Å²) in [6.45, 7) is 11.3. The van der Waals surface area contributed by atoms with Crippen LogP contribution < -0.4 is 15.6 Å². The number of hydrogen-bond acceptors (Lipinski definition) is 11. The van der Waals surface area contributed by atoms with Crippen molar-refractivity contribution in [1.29, 1.82) is 0 Å². The van der Waals surface area contributed by atoms with E-state index in [1.165, 1.54) is 16.1 Å². The zero-order valence-electron chi connectivity index (χ0n) is 27.8. The highest BCUT2D eigenvalue weighted by atomic mass is 16.8. The minimum atomic E-state index is -1.28. The van der Waals surface area contributed by atoms with Crippen molar-refractivity contribution in [2.45, 2.75) is 76.5 Å². The minimum absolute atomic E-state index is 0.0503. The van der Waals surface area contributed by atoms with Crippen LogP contribution in [0.4, 0.5) is 11.8 Å². The molecule has 1 amide bonds. The number of aromatic nitrogens is 4. The molecule has 3 saturated heterocycles. The number of imidazole rings is 1. The highest BCUT2D eigenvalue weighted by molar-refractivity contribution is 5.93. The Morgan fingerprint density at radius 1 is 1.04 bits per heavy atom. The maximum absolute atomic E-state index is 14.1. The molecule has 0 spiro atoms. The van der Waals surface area contributed by atoms with Crippen LogP contribution in [0, 0.1) is 0 Å². The van der Waals surface area contributed by atoms with Crippen molar-refractivity contribution < 1.29 is 24.1 Å². The van der Waals surface area contributed by atoms with E-state index >= 15 is 0 Å². The molecule has 0 saturated carbocycles. The first-order valence-electron chi connectivity index (χ1n) is 16.8. The second-order valence-electron chi connectivity index (χ2n) is 13.0. The van der Waals surface area contributed by atoms with Gasteiger partial charge in [-0.2, -0.15) is 9.97 Å². The standard InChI is InChI=1S/C35H44N8O5/c1-5-41-18-17-24(20-41)38-34-39-30(36-19-25(22-13-9-7-10-14-22)23-15-11-8-12-16-23)26-31(40-34)43(21-37-26)42(6-2)32(44)28-27-29(33(45)46-28)48-35(3,4)47-27/h7-16,21,24-25,27-29,33,45H,5-6,17-20H2,1-4H3,(H2,36,38,39,40)/t24?,27-,28+,29-,33-/m1/s1. The van der Waals surface area contributed by atoms with Crippen LogP contribution in [0.25, 0.3) is 11.2 Å². The van der Waals surface area contributed by atoms with Crippen molar-refractivity contribution >= 4 is 28.8 Å². The van der Waals surface area contributed by atoms with Crippen LogP contribution in [0.2, 0.25) is 0 Å². The number of fused-ring (bicyclic) bond motifs is 2. The zero-order chi connectivity index (χ0) is 33.4. The first-order chi connectivity index (χ1) is 23.2. The second kappa shape index (κ2) is 13.4. The number of likely N-dealkylation sites (N-methyl/N-ethyl adjacent to an activating group) is 2. The Morgan fingerprint density at radius 3 is 2.38 bits per heavy atom. The molecular weight excluding hydrogens is 612 g/mol. The van der Waals surface area contributed by atoms with Gasteiger partial charge in [0.25, 0.3) is 5.91 Å². The fraction of sp³-hybridized carbons (Fsp3) is 0.486. The Morgan fingerprint density at radius 2 is 1.73 bits per heavy atom. The van der Waals surface area contributed by atoms with Crippen LogP contribution in [-0.2, 0) is 19.0 Å². The van der Waals surface area contributed by atoms with Gasteiger partial charge in [0.15, 0.2) is 35.2 Å². The third kappa shape index (κ3) is 6.36. The lowest BCUT2D eigenvalue weighted by Gasteiger charge is -2.27. The van der Waals surface area contributed by atoms with E-state index in [4.69, 9.17) is 29.2 Å². The van der Waals surface area contributed by atoms with Crippen molar-refractivity contribution in [2.75, 3.05) is 48.4 Å². The Labute approximate surface area is 280 Å². The van der Waals surface area contributed by atoms with Gasteiger partial charge in [0, 0.05) is 38.1 Å². The number of nitrogens with zero attached hydrogens (tertiary/aromatic N) is 6. The molecule has 2 aromatic carbocycles. The molecule has 3 N–H and O–H groups in total. The van der Waals surface area contributed by atoms with Crippen molar-refractivity contribution in [1.82, 2.24) is 24.5 Å². The number of nitrogens with one attached hydrogen (secondary N) is 2. The zero-order valence-corrected chi connectivity index (χ0v) is 27.8. The Kier molecular flexibility index (Phi) is 9.05. The van der Waals surface area contributed by atoms with Crippen molar-refractivity contribution in [3.8, 4) is 0 Å². The van der Waals surface area contributed by atoms with Gasteiger partial charge in [-0.25, -0.2) is 14.7 Å². The Hall–Kier alpha value is -4.14. The van der Waals surface area contributed by atoms with Crippen LogP contribution in [0.1, 0.15) is 51.2 Å². The largest absolute Gasteiger partial charge is 0.367 e. The van der Waals surface area contributed by atoms with Crippen molar-refractivity contribution in [2.24, 2.45) is 0 Å². The summed E-state index contributed by atoms with van der Waals surface area (Å²) in [6.07, 6.45) is -1.33. The number of amides is 1. The normalized spacial score (nSPS) is 25.1. The molecule has 13 nitrogen and oxygen atoms in total. The predicted molar refractivity (Wildman–Crippen MR) is 181 cm³/mol. The van der Waals surface area contributed by atoms with Gasteiger partial charge >= 0.3 is 0 Å². The van der Waals surface area contributed by atoms with E-state index in [1.807, 2.05) is 43.3 Å². The van der Waals surface area contributed by atoms with Gasteiger partial charge < -0.3 is 34.9 Å². The molecule has 5 atom stereocenters. The summed E-state index contributed by atoms with van der Waals surface area (Å²) in [5.74, 6) is -0.273. The lowest BCUT2D eigenvalue weighted by Crippen LogP contribution is -2.50. The topological polar surface area (TPSA) is 139 Å². The molecule has 1 unspecified atom stereocenters. The lowest BCUT2D eigenvalue weighted by molar-refractivity contribution is -0.219. The molecule has 7 rings (SSSR count). The monoisotopic (exact) mass is 656 g/mol. The number of rotatable bonds is 11. The van der Waals surface area contributed by atoms with Gasteiger partial charge in [0.05, 0.1) is 0 Å². The number of aliphatic hydroxyl groups is 1. The molecule has 3 aliphatic heterocycles. The van der Waals surface area contributed by atoms with Crippen LogP contribution in [0.15, 0.2) is 67.0 Å². The number of hydrogen-bond donors (Lipinski definition) is 3. The maximum Gasteiger partial charge on any atom is 0.273 e. The molecule has 0 bridgehead atoms. The summed E-state index contributed by atoms with van der Waals surface area (Å²) >= 11 is 0. The molecule has 3 fully saturated rings. The molecule has 0 aliphatic carbocycles. The number of benzene rings is 2. The van der Waals surface area contributed by atoms with E-state index < -0.39 is 36.3 Å². The molecule has 3 aliphatic rings. The summed E-state index contributed by atoms with van der Waals surface area (Å²) in [6, 6.07) is 21.0. The van der Waals surface area contributed by atoms with Gasteiger partial charge in [0.2, 0.25) is 5.95 Å². The third-order valence-electron chi connectivity index (χ3n) is 9.40. The van der Waals surface area contributed by atoms with E-state index in [1.54, 1.807) is 24.9 Å². The lowest BCUT2D eigenvalue weighted by atomic mass is 9.91. The van der Waals surface area contributed by atoms with Gasteiger partial charge in [-0.15, -0.1) is 0 Å². The quantitative estimate of drug-likeness (QED) is 0.219. The van der Waals surface area contributed by atoms with Gasteiger partial charge in [-0.3, -0.25) is 4.79 Å². The van der Waals surface area contributed by atoms with E-state index in [0.29, 0.717) is 29.5 Å². The number of likely N-dealkylation sites (tertiary alicyclic amines) is 1.